The lowest BCUT2D eigenvalue weighted by Gasteiger charge is -2.13. The van der Waals surface area contributed by atoms with Crippen molar-refractivity contribution in [1.29, 1.82) is 5.26 Å². The third kappa shape index (κ3) is 4.61. The SMILES string of the molecule is Cc1nc2ncnn2c(C)c1CCC(=O)OCC(=O)Nc1c(C#N)c(C)c(C)n1-c1ccccc1. The van der Waals surface area contributed by atoms with Crippen LogP contribution in [0.4, 0.5) is 5.82 Å². The zero-order valence-corrected chi connectivity index (χ0v) is 20.0. The topological polar surface area (TPSA) is 127 Å². The molecule has 0 aliphatic heterocycles. The third-order valence-electron chi connectivity index (χ3n) is 6.03. The summed E-state index contributed by atoms with van der Waals surface area (Å²) >= 11 is 0. The molecule has 0 radical (unpaired) electrons. The van der Waals surface area contributed by atoms with Crippen molar-refractivity contribution in [3.63, 3.8) is 0 Å². The fourth-order valence-corrected chi connectivity index (χ4v) is 4.09. The van der Waals surface area contributed by atoms with Crippen molar-refractivity contribution >= 4 is 23.5 Å². The normalized spacial score (nSPS) is 10.8. The number of hydrogen-bond donors (Lipinski definition) is 1. The minimum atomic E-state index is -0.525. The molecule has 1 amide bonds. The van der Waals surface area contributed by atoms with Crippen LogP contribution in [0.15, 0.2) is 36.7 Å². The van der Waals surface area contributed by atoms with Gasteiger partial charge in [0.25, 0.3) is 11.7 Å². The Morgan fingerprint density at radius 2 is 1.86 bits per heavy atom. The molecule has 0 bridgehead atoms. The van der Waals surface area contributed by atoms with E-state index in [4.69, 9.17) is 4.74 Å². The van der Waals surface area contributed by atoms with E-state index in [0.717, 1.165) is 33.9 Å². The van der Waals surface area contributed by atoms with Crippen molar-refractivity contribution in [3.05, 3.63) is 70.4 Å². The smallest absolute Gasteiger partial charge is 0.306 e. The van der Waals surface area contributed by atoms with Crippen LogP contribution in [0.1, 0.15) is 40.2 Å². The van der Waals surface area contributed by atoms with Crippen LogP contribution in [0, 0.1) is 39.0 Å². The lowest BCUT2D eigenvalue weighted by Crippen LogP contribution is -2.23. The second-order valence-electron chi connectivity index (χ2n) is 8.16. The van der Waals surface area contributed by atoms with Crippen molar-refractivity contribution in [2.45, 2.75) is 40.5 Å². The number of fused-ring (bicyclic) bond motifs is 1. The molecule has 35 heavy (non-hydrogen) atoms. The average Bonchev–Trinajstić information content (AvgIpc) is 3.40. The number of nitriles is 1. The number of aryl methyl sites for hydroxylation is 2. The first-order chi connectivity index (χ1) is 16.8. The summed E-state index contributed by atoms with van der Waals surface area (Å²) < 4.78 is 8.64. The Morgan fingerprint density at radius 1 is 1.11 bits per heavy atom. The van der Waals surface area contributed by atoms with Gasteiger partial charge in [-0.2, -0.15) is 15.3 Å². The van der Waals surface area contributed by atoms with Crippen LogP contribution in [-0.4, -0.2) is 42.6 Å². The van der Waals surface area contributed by atoms with Crippen molar-refractivity contribution in [2.24, 2.45) is 0 Å². The Morgan fingerprint density at radius 3 is 2.57 bits per heavy atom. The Kier molecular flexibility index (Phi) is 6.59. The van der Waals surface area contributed by atoms with Crippen molar-refractivity contribution in [1.82, 2.24) is 24.1 Å². The number of esters is 1. The number of para-hydroxylation sites is 1. The van der Waals surface area contributed by atoms with Crippen LogP contribution in [0.3, 0.4) is 0 Å². The zero-order valence-electron chi connectivity index (χ0n) is 20.0. The molecule has 178 valence electrons. The number of nitrogens with zero attached hydrogens (tertiary/aromatic N) is 6. The molecule has 0 fully saturated rings. The number of benzene rings is 1. The molecular weight excluding hydrogens is 446 g/mol. The van der Waals surface area contributed by atoms with Gasteiger partial charge in [-0.3, -0.25) is 14.2 Å². The van der Waals surface area contributed by atoms with Gasteiger partial charge in [-0.25, -0.2) is 9.50 Å². The van der Waals surface area contributed by atoms with Crippen molar-refractivity contribution in [2.75, 3.05) is 11.9 Å². The maximum atomic E-state index is 12.6. The highest BCUT2D eigenvalue weighted by Gasteiger charge is 2.21. The summed E-state index contributed by atoms with van der Waals surface area (Å²) in [6, 6.07) is 11.6. The predicted octanol–water partition coefficient (Wildman–Crippen LogP) is 3.13. The number of hydrogen-bond acceptors (Lipinski definition) is 7. The number of carbonyl (C=O) groups excluding carboxylic acids is 2. The summed E-state index contributed by atoms with van der Waals surface area (Å²) in [4.78, 5) is 33.5. The van der Waals surface area contributed by atoms with Crippen molar-refractivity contribution in [3.8, 4) is 11.8 Å². The second-order valence-corrected chi connectivity index (χ2v) is 8.16. The molecule has 0 spiro atoms. The van der Waals surface area contributed by atoms with E-state index in [1.54, 1.807) is 4.52 Å². The minimum Gasteiger partial charge on any atom is -0.456 e. The van der Waals surface area contributed by atoms with Gasteiger partial charge in [0.15, 0.2) is 6.61 Å². The highest BCUT2D eigenvalue weighted by Crippen LogP contribution is 2.29. The lowest BCUT2D eigenvalue weighted by atomic mass is 10.1. The molecule has 10 nitrogen and oxygen atoms in total. The fourth-order valence-electron chi connectivity index (χ4n) is 4.09. The number of anilines is 1. The summed E-state index contributed by atoms with van der Waals surface area (Å²) in [6.45, 7) is 7.00. The summed E-state index contributed by atoms with van der Waals surface area (Å²) in [7, 11) is 0. The fraction of sp³-hybridized carbons (Fsp3) is 0.280. The number of carbonyl (C=O) groups is 2. The van der Waals surface area contributed by atoms with E-state index in [1.165, 1.54) is 6.33 Å². The first kappa shape index (κ1) is 23.6. The number of nitrogens with one attached hydrogen (secondary N) is 1. The molecule has 3 heterocycles. The molecular formula is C25H25N7O3. The van der Waals surface area contributed by atoms with E-state index >= 15 is 0 Å². The van der Waals surface area contributed by atoms with E-state index in [1.807, 2.05) is 62.6 Å². The minimum absolute atomic E-state index is 0.0822. The highest BCUT2D eigenvalue weighted by atomic mass is 16.5. The maximum absolute atomic E-state index is 12.6. The monoisotopic (exact) mass is 471 g/mol. The lowest BCUT2D eigenvalue weighted by molar-refractivity contribution is -0.147. The standard InChI is InChI=1S/C25H25N7O3/c1-15-17(3)31(19-8-6-5-7-9-19)24(21(15)12-26)30-22(33)13-35-23(34)11-10-20-16(2)29-25-27-14-28-32(25)18(20)4/h5-9,14H,10-11,13H2,1-4H3,(H,30,33). The van der Waals surface area contributed by atoms with E-state index in [0.29, 0.717) is 23.6 Å². The van der Waals surface area contributed by atoms with Gasteiger partial charge in [-0.1, -0.05) is 18.2 Å². The Hall–Kier alpha value is -4.52. The molecule has 0 atom stereocenters. The van der Waals surface area contributed by atoms with E-state index in [-0.39, 0.29) is 6.42 Å². The number of amides is 1. The molecule has 0 unspecified atom stereocenters. The Balaban J connectivity index is 1.42. The Bertz CT molecular complexity index is 1460. The zero-order chi connectivity index (χ0) is 25.1. The van der Waals surface area contributed by atoms with Crippen LogP contribution >= 0.6 is 0 Å². The summed E-state index contributed by atoms with van der Waals surface area (Å²) in [5.41, 5.74) is 5.29. The van der Waals surface area contributed by atoms with Crippen LogP contribution in [0.2, 0.25) is 0 Å². The summed E-state index contributed by atoms with van der Waals surface area (Å²) in [5.74, 6) is -0.176. The van der Waals surface area contributed by atoms with Crippen LogP contribution in [-0.2, 0) is 20.7 Å². The van der Waals surface area contributed by atoms with Crippen LogP contribution in [0.25, 0.3) is 11.5 Å². The molecule has 1 aromatic carbocycles. The van der Waals surface area contributed by atoms with E-state index < -0.39 is 18.5 Å². The number of aromatic nitrogens is 5. The molecule has 0 saturated heterocycles. The average molecular weight is 472 g/mol. The molecule has 0 aliphatic rings. The molecule has 1 N–H and O–H groups in total. The van der Waals surface area contributed by atoms with Gasteiger partial charge in [-0.05, 0) is 57.4 Å². The summed E-state index contributed by atoms with van der Waals surface area (Å²) in [6.07, 6.45) is 1.91. The van der Waals surface area contributed by atoms with Gasteiger partial charge in [0, 0.05) is 29.2 Å². The first-order valence-corrected chi connectivity index (χ1v) is 11.1. The maximum Gasteiger partial charge on any atom is 0.306 e. The van der Waals surface area contributed by atoms with Gasteiger partial charge in [0.1, 0.15) is 18.2 Å². The highest BCUT2D eigenvalue weighted by molar-refractivity contribution is 5.94. The van der Waals surface area contributed by atoms with Crippen LogP contribution < -0.4 is 5.32 Å². The molecule has 10 heteroatoms. The molecule has 0 saturated carbocycles. The second kappa shape index (κ2) is 9.77. The predicted molar refractivity (Wildman–Crippen MR) is 128 cm³/mol. The van der Waals surface area contributed by atoms with E-state index in [2.05, 4.69) is 26.5 Å². The van der Waals surface area contributed by atoms with Gasteiger partial charge >= 0.3 is 5.97 Å². The molecule has 0 aliphatic carbocycles. The Labute approximate surface area is 202 Å². The summed E-state index contributed by atoms with van der Waals surface area (Å²) in [5, 5.41) is 16.6. The van der Waals surface area contributed by atoms with Crippen molar-refractivity contribution < 1.29 is 14.3 Å². The molecule has 4 rings (SSSR count). The van der Waals surface area contributed by atoms with Crippen LogP contribution in [0.5, 0.6) is 0 Å². The number of rotatable bonds is 7. The van der Waals surface area contributed by atoms with Gasteiger partial charge < -0.3 is 10.1 Å². The third-order valence-corrected chi connectivity index (χ3v) is 6.03. The largest absolute Gasteiger partial charge is 0.456 e. The van der Waals surface area contributed by atoms with Gasteiger partial charge in [0.2, 0.25) is 0 Å². The molecule has 4 aromatic rings. The van der Waals surface area contributed by atoms with E-state index in [9.17, 15) is 14.9 Å². The van der Waals surface area contributed by atoms with Gasteiger partial charge in [-0.15, -0.1) is 0 Å². The molecule has 3 aromatic heterocycles. The first-order valence-electron chi connectivity index (χ1n) is 11.1. The van der Waals surface area contributed by atoms with Gasteiger partial charge in [0.05, 0.1) is 5.56 Å². The quantitative estimate of drug-likeness (QED) is 0.410. The number of ether oxygens (including phenoxy) is 1.